The molecule has 1 aromatic carbocycles. The Morgan fingerprint density at radius 2 is 2.05 bits per heavy atom. The fourth-order valence-corrected chi connectivity index (χ4v) is 1.96. The van der Waals surface area contributed by atoms with E-state index in [4.69, 9.17) is 4.74 Å². The van der Waals surface area contributed by atoms with Crippen molar-refractivity contribution in [3.8, 4) is 0 Å². The molecule has 2 rings (SSSR count). The summed E-state index contributed by atoms with van der Waals surface area (Å²) in [6.45, 7) is 2.00. The van der Waals surface area contributed by atoms with Gasteiger partial charge in [0, 0.05) is 31.6 Å². The standard InChI is InChI=1S/C13H16F2N2O2.ClH/c14-10-3-9(4-11(15)5-10)7-17-13(18)6-12-8-19-2-1-16-12;/h3-5,12,16H,1-2,6-8H2,(H,17,18);1H. The summed E-state index contributed by atoms with van der Waals surface area (Å²) < 4.78 is 31.1. The van der Waals surface area contributed by atoms with E-state index in [0.717, 1.165) is 12.6 Å². The highest BCUT2D eigenvalue weighted by atomic mass is 35.5. The van der Waals surface area contributed by atoms with Crippen LogP contribution in [0, 0.1) is 11.6 Å². The van der Waals surface area contributed by atoms with Crippen molar-refractivity contribution in [1.29, 1.82) is 0 Å². The fraction of sp³-hybridized carbons (Fsp3) is 0.462. The first-order valence-corrected chi connectivity index (χ1v) is 6.16. The van der Waals surface area contributed by atoms with Crippen LogP contribution in [-0.4, -0.2) is 31.7 Å². The molecule has 1 heterocycles. The van der Waals surface area contributed by atoms with Gasteiger partial charge in [-0.2, -0.15) is 0 Å². The summed E-state index contributed by atoms with van der Waals surface area (Å²) in [5.74, 6) is -1.47. The maximum atomic E-state index is 12.9. The number of carbonyl (C=O) groups is 1. The molecular formula is C13H17ClF2N2O2. The summed E-state index contributed by atoms with van der Waals surface area (Å²) in [5.41, 5.74) is 0.402. The van der Waals surface area contributed by atoms with Crippen molar-refractivity contribution in [2.75, 3.05) is 19.8 Å². The molecule has 0 spiro atoms. The van der Waals surface area contributed by atoms with Gasteiger partial charge in [0.15, 0.2) is 0 Å². The highest BCUT2D eigenvalue weighted by molar-refractivity contribution is 5.85. The highest BCUT2D eigenvalue weighted by Gasteiger charge is 2.16. The van der Waals surface area contributed by atoms with Crippen LogP contribution in [0.15, 0.2) is 18.2 Å². The molecule has 1 fully saturated rings. The van der Waals surface area contributed by atoms with Crippen molar-refractivity contribution in [3.63, 3.8) is 0 Å². The number of ether oxygens (including phenoxy) is 1. The summed E-state index contributed by atoms with van der Waals surface area (Å²) in [7, 11) is 0. The highest BCUT2D eigenvalue weighted by Crippen LogP contribution is 2.08. The van der Waals surface area contributed by atoms with Crippen LogP contribution in [0.25, 0.3) is 0 Å². The van der Waals surface area contributed by atoms with E-state index in [1.807, 2.05) is 0 Å². The Morgan fingerprint density at radius 3 is 2.65 bits per heavy atom. The second-order valence-electron chi connectivity index (χ2n) is 4.48. The van der Waals surface area contributed by atoms with Gasteiger partial charge >= 0.3 is 0 Å². The average Bonchev–Trinajstić information content (AvgIpc) is 2.36. The maximum absolute atomic E-state index is 12.9. The zero-order chi connectivity index (χ0) is 13.7. The minimum Gasteiger partial charge on any atom is -0.378 e. The number of morpholine rings is 1. The zero-order valence-corrected chi connectivity index (χ0v) is 11.6. The van der Waals surface area contributed by atoms with Crippen LogP contribution in [0.2, 0.25) is 0 Å². The predicted octanol–water partition coefficient (Wildman–Crippen LogP) is 1.38. The summed E-state index contributed by atoms with van der Waals surface area (Å²) in [5, 5.41) is 5.79. The van der Waals surface area contributed by atoms with Gasteiger partial charge in [-0.15, -0.1) is 12.4 Å². The lowest BCUT2D eigenvalue weighted by Gasteiger charge is -2.23. The molecule has 1 aliphatic heterocycles. The van der Waals surface area contributed by atoms with Crippen molar-refractivity contribution in [2.45, 2.75) is 19.0 Å². The lowest BCUT2D eigenvalue weighted by molar-refractivity contribution is -0.122. The van der Waals surface area contributed by atoms with Crippen LogP contribution in [0.3, 0.4) is 0 Å². The van der Waals surface area contributed by atoms with E-state index in [9.17, 15) is 13.6 Å². The Balaban J connectivity index is 0.00000200. The lowest BCUT2D eigenvalue weighted by Crippen LogP contribution is -2.44. The van der Waals surface area contributed by atoms with Gasteiger partial charge in [0.1, 0.15) is 11.6 Å². The fourth-order valence-electron chi connectivity index (χ4n) is 1.96. The minimum absolute atomic E-state index is 0. The molecule has 0 aliphatic carbocycles. The van der Waals surface area contributed by atoms with Crippen molar-refractivity contribution < 1.29 is 18.3 Å². The third kappa shape index (κ3) is 5.40. The zero-order valence-electron chi connectivity index (χ0n) is 10.8. The molecule has 0 bridgehead atoms. The molecule has 1 amide bonds. The van der Waals surface area contributed by atoms with E-state index < -0.39 is 11.6 Å². The molecule has 2 N–H and O–H groups in total. The van der Waals surface area contributed by atoms with E-state index in [2.05, 4.69) is 10.6 Å². The van der Waals surface area contributed by atoms with Gasteiger partial charge in [-0.1, -0.05) is 0 Å². The van der Waals surface area contributed by atoms with Crippen LogP contribution < -0.4 is 10.6 Å². The third-order valence-electron chi connectivity index (χ3n) is 2.84. The van der Waals surface area contributed by atoms with Crippen molar-refractivity contribution in [2.24, 2.45) is 0 Å². The monoisotopic (exact) mass is 306 g/mol. The molecular weight excluding hydrogens is 290 g/mol. The number of rotatable bonds is 4. The van der Waals surface area contributed by atoms with E-state index >= 15 is 0 Å². The Kier molecular flexibility index (Phi) is 6.84. The Morgan fingerprint density at radius 1 is 1.35 bits per heavy atom. The topological polar surface area (TPSA) is 50.4 Å². The first-order chi connectivity index (χ1) is 9.13. The summed E-state index contributed by atoms with van der Waals surface area (Å²) >= 11 is 0. The number of benzene rings is 1. The second kappa shape index (κ2) is 8.14. The van der Waals surface area contributed by atoms with Crippen LogP contribution in [-0.2, 0) is 16.1 Å². The molecule has 4 nitrogen and oxygen atoms in total. The van der Waals surface area contributed by atoms with Gasteiger partial charge in [0.2, 0.25) is 5.91 Å². The molecule has 1 aliphatic rings. The number of hydrogen-bond acceptors (Lipinski definition) is 3. The molecule has 7 heteroatoms. The van der Waals surface area contributed by atoms with E-state index in [-0.39, 0.29) is 37.3 Å². The average molecular weight is 307 g/mol. The van der Waals surface area contributed by atoms with Crippen molar-refractivity contribution >= 4 is 18.3 Å². The number of amides is 1. The molecule has 112 valence electrons. The number of halogens is 3. The number of hydrogen-bond donors (Lipinski definition) is 2. The van der Waals surface area contributed by atoms with Gasteiger partial charge in [-0.05, 0) is 17.7 Å². The first-order valence-electron chi connectivity index (χ1n) is 6.16. The predicted molar refractivity (Wildman–Crippen MR) is 72.7 cm³/mol. The Bertz CT molecular complexity index is 434. The molecule has 1 aromatic rings. The lowest BCUT2D eigenvalue weighted by atomic mass is 10.1. The summed E-state index contributed by atoms with van der Waals surface area (Å²) in [6.07, 6.45) is 0.289. The van der Waals surface area contributed by atoms with Crippen molar-refractivity contribution in [1.82, 2.24) is 10.6 Å². The van der Waals surface area contributed by atoms with Gasteiger partial charge in [-0.3, -0.25) is 4.79 Å². The Hall–Kier alpha value is -1.24. The Labute approximate surface area is 122 Å². The van der Waals surface area contributed by atoms with E-state index in [0.29, 0.717) is 18.8 Å². The maximum Gasteiger partial charge on any atom is 0.221 e. The van der Waals surface area contributed by atoms with Gasteiger partial charge in [0.25, 0.3) is 0 Å². The van der Waals surface area contributed by atoms with E-state index in [1.165, 1.54) is 12.1 Å². The van der Waals surface area contributed by atoms with Crippen LogP contribution >= 0.6 is 12.4 Å². The molecule has 0 aromatic heterocycles. The smallest absolute Gasteiger partial charge is 0.221 e. The number of carbonyl (C=O) groups excluding carboxylic acids is 1. The third-order valence-corrected chi connectivity index (χ3v) is 2.84. The normalized spacial score (nSPS) is 18.2. The molecule has 0 saturated carbocycles. The quantitative estimate of drug-likeness (QED) is 0.884. The largest absolute Gasteiger partial charge is 0.378 e. The molecule has 1 unspecified atom stereocenters. The second-order valence-corrected chi connectivity index (χ2v) is 4.48. The summed E-state index contributed by atoms with van der Waals surface area (Å²) in [6, 6.07) is 3.20. The van der Waals surface area contributed by atoms with E-state index in [1.54, 1.807) is 0 Å². The van der Waals surface area contributed by atoms with Crippen LogP contribution in [0.1, 0.15) is 12.0 Å². The van der Waals surface area contributed by atoms with Gasteiger partial charge in [-0.25, -0.2) is 8.78 Å². The van der Waals surface area contributed by atoms with Gasteiger partial charge in [0.05, 0.1) is 13.2 Å². The number of nitrogens with one attached hydrogen (secondary N) is 2. The molecule has 20 heavy (non-hydrogen) atoms. The summed E-state index contributed by atoms with van der Waals surface area (Å²) in [4.78, 5) is 11.7. The molecule has 1 saturated heterocycles. The van der Waals surface area contributed by atoms with Crippen LogP contribution in [0.4, 0.5) is 8.78 Å². The van der Waals surface area contributed by atoms with Crippen molar-refractivity contribution in [3.05, 3.63) is 35.4 Å². The first kappa shape index (κ1) is 16.8. The minimum atomic E-state index is -0.647. The molecule has 1 atom stereocenters. The molecule has 0 radical (unpaired) electrons. The SMILES string of the molecule is Cl.O=C(CC1COCCN1)NCc1cc(F)cc(F)c1. The van der Waals surface area contributed by atoms with Crippen LogP contribution in [0.5, 0.6) is 0 Å². The van der Waals surface area contributed by atoms with Gasteiger partial charge < -0.3 is 15.4 Å².